The number of halogens is 6. The van der Waals surface area contributed by atoms with Crippen LogP contribution >= 0.6 is 0 Å². The van der Waals surface area contributed by atoms with E-state index in [1.165, 1.54) is 7.05 Å². The van der Waals surface area contributed by atoms with Crippen molar-refractivity contribution in [2.75, 3.05) is 12.9 Å². The van der Waals surface area contributed by atoms with Gasteiger partial charge in [0.25, 0.3) is 0 Å². The standard InChI is InChI=1S/C23H18F6N2O5S/c1-31-21(36-11-19(32)13-3-5-15(6-4-13)22(24,25)26)18(10-30-31)20(33)17-8-7-16(23(27,28)29)9-14(17)12-37(2,34)35/h3-10H,11-12H2,1-2H3. The highest BCUT2D eigenvalue weighted by atomic mass is 32.2. The molecule has 0 aliphatic heterocycles. The Morgan fingerprint density at radius 3 is 2.03 bits per heavy atom. The second-order valence-corrected chi connectivity index (χ2v) is 10.2. The predicted molar refractivity (Wildman–Crippen MR) is 118 cm³/mol. The molecule has 3 rings (SSSR count). The minimum Gasteiger partial charge on any atom is -0.469 e. The van der Waals surface area contributed by atoms with Crippen molar-refractivity contribution in [1.82, 2.24) is 9.78 Å². The SMILES string of the molecule is Cn1ncc(C(=O)c2ccc(C(F)(F)F)cc2CS(C)(=O)=O)c1OCC(=O)c1ccc(C(F)(F)F)cc1. The van der Waals surface area contributed by atoms with Crippen LogP contribution in [-0.4, -0.2) is 42.6 Å². The molecule has 14 heteroatoms. The number of ketones is 2. The van der Waals surface area contributed by atoms with Gasteiger partial charge in [-0.25, -0.2) is 13.1 Å². The fraction of sp³-hybridized carbons (Fsp3) is 0.261. The number of aryl methyl sites for hydroxylation is 1. The number of hydrogen-bond donors (Lipinski definition) is 0. The third-order valence-corrected chi connectivity index (χ3v) is 5.93. The summed E-state index contributed by atoms with van der Waals surface area (Å²) < 4.78 is 108. The molecule has 3 aromatic rings. The molecule has 37 heavy (non-hydrogen) atoms. The largest absolute Gasteiger partial charge is 0.469 e. The number of sulfone groups is 1. The van der Waals surface area contributed by atoms with Crippen LogP contribution in [0.3, 0.4) is 0 Å². The minimum atomic E-state index is -4.78. The maximum atomic E-state index is 13.2. The lowest BCUT2D eigenvalue weighted by Crippen LogP contribution is -2.16. The summed E-state index contributed by atoms with van der Waals surface area (Å²) in [6.45, 7) is -0.700. The third-order valence-electron chi connectivity index (χ3n) is 5.10. The van der Waals surface area contributed by atoms with Gasteiger partial charge in [-0.15, -0.1) is 0 Å². The molecule has 0 N–H and O–H groups in total. The fourth-order valence-electron chi connectivity index (χ4n) is 3.35. The molecular weight excluding hydrogens is 530 g/mol. The number of hydrogen-bond acceptors (Lipinski definition) is 6. The van der Waals surface area contributed by atoms with Crippen molar-refractivity contribution >= 4 is 21.4 Å². The Bertz CT molecular complexity index is 1440. The predicted octanol–water partition coefficient (Wildman–Crippen LogP) is 4.50. The van der Waals surface area contributed by atoms with E-state index in [2.05, 4.69) is 5.10 Å². The summed E-state index contributed by atoms with van der Waals surface area (Å²) in [4.78, 5) is 25.6. The maximum absolute atomic E-state index is 13.2. The first-order chi connectivity index (χ1) is 17.0. The lowest BCUT2D eigenvalue weighted by Gasteiger charge is -2.13. The monoisotopic (exact) mass is 548 g/mol. The van der Waals surface area contributed by atoms with Gasteiger partial charge in [0.2, 0.25) is 5.88 Å². The Morgan fingerprint density at radius 2 is 1.49 bits per heavy atom. The Morgan fingerprint density at radius 1 is 0.919 bits per heavy atom. The van der Waals surface area contributed by atoms with E-state index < -0.39 is 62.8 Å². The first-order valence-corrected chi connectivity index (χ1v) is 12.3. The van der Waals surface area contributed by atoms with Crippen molar-refractivity contribution in [3.63, 3.8) is 0 Å². The summed E-state index contributed by atoms with van der Waals surface area (Å²) in [6, 6.07) is 5.41. The van der Waals surface area contributed by atoms with Crippen molar-refractivity contribution in [3.8, 4) is 5.88 Å². The van der Waals surface area contributed by atoms with Crippen LogP contribution in [-0.2, 0) is 35.0 Å². The van der Waals surface area contributed by atoms with E-state index in [0.717, 1.165) is 47.5 Å². The lowest BCUT2D eigenvalue weighted by atomic mass is 9.98. The van der Waals surface area contributed by atoms with Crippen LogP contribution in [0.2, 0.25) is 0 Å². The molecule has 0 fully saturated rings. The maximum Gasteiger partial charge on any atom is 0.416 e. The molecule has 0 saturated heterocycles. The molecular formula is C23H18F6N2O5S. The summed E-state index contributed by atoms with van der Waals surface area (Å²) in [5.74, 6) is -2.73. The molecule has 7 nitrogen and oxygen atoms in total. The zero-order valence-corrected chi connectivity index (χ0v) is 20.0. The van der Waals surface area contributed by atoms with Gasteiger partial charge in [0, 0.05) is 24.4 Å². The second-order valence-electron chi connectivity index (χ2n) is 8.04. The Kier molecular flexibility index (Phi) is 7.54. The normalized spacial score (nSPS) is 12.4. The molecule has 198 valence electrons. The summed E-state index contributed by atoms with van der Waals surface area (Å²) >= 11 is 0. The highest BCUT2D eigenvalue weighted by molar-refractivity contribution is 7.89. The number of benzene rings is 2. The number of nitrogens with zero attached hydrogens (tertiary/aromatic N) is 2. The topological polar surface area (TPSA) is 95.3 Å². The van der Waals surface area contributed by atoms with Crippen LogP contribution in [0.25, 0.3) is 0 Å². The number of ether oxygens (including phenoxy) is 1. The van der Waals surface area contributed by atoms with E-state index >= 15 is 0 Å². The molecule has 0 saturated carbocycles. The Labute approximate surface area is 206 Å². The molecule has 0 atom stereocenters. The van der Waals surface area contributed by atoms with E-state index in [-0.39, 0.29) is 22.6 Å². The van der Waals surface area contributed by atoms with E-state index in [4.69, 9.17) is 4.74 Å². The zero-order chi connectivity index (χ0) is 27.8. The van der Waals surface area contributed by atoms with E-state index in [9.17, 15) is 44.3 Å². The van der Waals surface area contributed by atoms with Gasteiger partial charge in [-0.05, 0) is 29.8 Å². The second kappa shape index (κ2) is 10.00. The van der Waals surface area contributed by atoms with Gasteiger partial charge in [-0.2, -0.15) is 31.4 Å². The smallest absolute Gasteiger partial charge is 0.416 e. The van der Waals surface area contributed by atoms with Crippen molar-refractivity contribution in [2.45, 2.75) is 18.1 Å². The van der Waals surface area contributed by atoms with Crippen LogP contribution in [0.4, 0.5) is 26.3 Å². The molecule has 0 unspecified atom stereocenters. The number of carbonyl (C=O) groups is 2. The number of carbonyl (C=O) groups excluding carboxylic acids is 2. The average molecular weight is 548 g/mol. The van der Waals surface area contributed by atoms with Crippen LogP contribution in [0, 0.1) is 0 Å². The van der Waals surface area contributed by atoms with Crippen LogP contribution in [0.15, 0.2) is 48.7 Å². The molecule has 0 aliphatic carbocycles. The lowest BCUT2D eigenvalue weighted by molar-refractivity contribution is -0.138. The molecule has 0 spiro atoms. The van der Waals surface area contributed by atoms with Gasteiger partial charge in [0.15, 0.2) is 28.0 Å². The highest BCUT2D eigenvalue weighted by Gasteiger charge is 2.33. The molecule has 0 radical (unpaired) electrons. The van der Waals surface area contributed by atoms with Crippen molar-refractivity contribution in [3.05, 3.63) is 82.0 Å². The number of aromatic nitrogens is 2. The zero-order valence-electron chi connectivity index (χ0n) is 19.1. The fourth-order valence-corrected chi connectivity index (χ4v) is 4.16. The first kappa shape index (κ1) is 27.9. The van der Waals surface area contributed by atoms with Gasteiger partial charge in [0.1, 0.15) is 5.56 Å². The van der Waals surface area contributed by atoms with Crippen LogP contribution in [0.1, 0.15) is 43.0 Å². The van der Waals surface area contributed by atoms with Crippen LogP contribution < -0.4 is 4.74 Å². The van der Waals surface area contributed by atoms with E-state index in [0.29, 0.717) is 12.1 Å². The van der Waals surface area contributed by atoms with Gasteiger partial charge in [-0.3, -0.25) is 9.59 Å². The van der Waals surface area contributed by atoms with Crippen molar-refractivity contribution in [1.29, 1.82) is 0 Å². The molecule has 2 aromatic carbocycles. The summed E-state index contributed by atoms with van der Waals surface area (Å²) in [5.41, 5.74) is -3.19. The summed E-state index contributed by atoms with van der Waals surface area (Å²) in [5, 5.41) is 3.85. The van der Waals surface area contributed by atoms with Gasteiger partial charge in [0.05, 0.1) is 23.1 Å². The van der Waals surface area contributed by atoms with E-state index in [1.807, 2.05) is 0 Å². The molecule has 0 bridgehead atoms. The number of alkyl halides is 6. The molecule has 0 amide bonds. The van der Waals surface area contributed by atoms with E-state index in [1.54, 1.807) is 0 Å². The average Bonchev–Trinajstić information content (AvgIpc) is 3.15. The Hall–Kier alpha value is -3.68. The third kappa shape index (κ3) is 6.76. The van der Waals surface area contributed by atoms with Gasteiger partial charge < -0.3 is 4.74 Å². The van der Waals surface area contributed by atoms with Gasteiger partial charge in [-0.1, -0.05) is 18.2 Å². The quantitative estimate of drug-likeness (QED) is 0.304. The number of Topliss-reactive ketones (excluding diaryl/α,β-unsaturated/α-hetero) is 1. The number of rotatable bonds is 8. The molecule has 1 aromatic heterocycles. The first-order valence-electron chi connectivity index (χ1n) is 10.2. The van der Waals surface area contributed by atoms with Gasteiger partial charge >= 0.3 is 12.4 Å². The molecule has 0 aliphatic rings. The highest BCUT2D eigenvalue weighted by Crippen LogP contribution is 2.33. The van der Waals surface area contributed by atoms with Crippen molar-refractivity contribution < 1.29 is 49.1 Å². The summed E-state index contributed by atoms with van der Waals surface area (Å²) in [7, 11) is -2.49. The minimum absolute atomic E-state index is 0.0961. The van der Waals surface area contributed by atoms with Crippen LogP contribution in [0.5, 0.6) is 5.88 Å². The summed E-state index contributed by atoms with van der Waals surface area (Å²) in [6.07, 6.45) is -7.54. The molecule has 1 heterocycles. The van der Waals surface area contributed by atoms with Crippen molar-refractivity contribution in [2.24, 2.45) is 7.05 Å². The Balaban J connectivity index is 1.89.